The lowest BCUT2D eigenvalue weighted by atomic mass is 10.2. The number of anilines is 1. The molecule has 2 amide bonds. The van der Waals surface area contributed by atoms with Crippen LogP contribution < -0.4 is 10.6 Å². The molecule has 0 unspecified atom stereocenters. The predicted octanol–water partition coefficient (Wildman–Crippen LogP) is 2.69. The molecule has 2 saturated heterocycles. The SMILES string of the molecule is CC1=CCC[C@H]1NC(=O)Nc1ccc(Cl)c(S(=O)(=O)N2CCN3C[C@@H](F)C[C@H]3C2)c1O. The van der Waals surface area contributed by atoms with E-state index in [9.17, 15) is 22.7 Å². The second kappa shape index (κ2) is 8.57. The maximum atomic E-state index is 13.7. The number of phenols is 1. The minimum absolute atomic E-state index is 0.0524. The Balaban J connectivity index is 1.54. The van der Waals surface area contributed by atoms with E-state index in [1.54, 1.807) is 0 Å². The molecule has 2 aliphatic heterocycles. The average Bonchev–Trinajstić information content (AvgIpc) is 3.27. The smallest absolute Gasteiger partial charge is 0.319 e. The number of amides is 2. The molecule has 0 radical (unpaired) electrons. The van der Waals surface area contributed by atoms with Crippen LogP contribution in [-0.4, -0.2) is 73.2 Å². The van der Waals surface area contributed by atoms with Crippen LogP contribution >= 0.6 is 11.6 Å². The molecule has 2 fully saturated rings. The van der Waals surface area contributed by atoms with E-state index in [1.165, 1.54) is 16.4 Å². The minimum atomic E-state index is -4.15. The molecule has 11 heteroatoms. The summed E-state index contributed by atoms with van der Waals surface area (Å²) in [4.78, 5) is 13.9. The number of aromatic hydroxyl groups is 1. The number of carbonyl (C=O) groups is 1. The Kier molecular flexibility index (Phi) is 6.17. The van der Waals surface area contributed by atoms with Gasteiger partial charge < -0.3 is 15.7 Å². The molecular weight excluding hydrogens is 447 g/mol. The first kappa shape index (κ1) is 22.3. The molecule has 170 valence electrons. The van der Waals surface area contributed by atoms with Crippen LogP contribution in [0.4, 0.5) is 14.9 Å². The number of hydrogen-bond donors (Lipinski definition) is 3. The van der Waals surface area contributed by atoms with E-state index in [2.05, 4.69) is 10.6 Å². The van der Waals surface area contributed by atoms with Crippen molar-refractivity contribution >= 4 is 33.3 Å². The van der Waals surface area contributed by atoms with E-state index in [4.69, 9.17) is 11.6 Å². The van der Waals surface area contributed by atoms with Gasteiger partial charge in [0.25, 0.3) is 0 Å². The molecule has 2 heterocycles. The summed E-state index contributed by atoms with van der Waals surface area (Å²) in [7, 11) is -4.15. The lowest BCUT2D eigenvalue weighted by Crippen LogP contribution is -2.51. The maximum Gasteiger partial charge on any atom is 0.319 e. The zero-order valence-electron chi connectivity index (χ0n) is 17.1. The predicted molar refractivity (Wildman–Crippen MR) is 116 cm³/mol. The van der Waals surface area contributed by atoms with Gasteiger partial charge in [-0.15, -0.1) is 0 Å². The quantitative estimate of drug-likeness (QED) is 0.462. The Morgan fingerprint density at radius 3 is 2.77 bits per heavy atom. The number of carbonyl (C=O) groups excluding carboxylic acids is 1. The number of benzene rings is 1. The fourth-order valence-corrected chi connectivity index (χ4v) is 6.61. The van der Waals surface area contributed by atoms with E-state index in [-0.39, 0.29) is 42.3 Å². The van der Waals surface area contributed by atoms with Crippen LogP contribution in [0.3, 0.4) is 0 Å². The van der Waals surface area contributed by atoms with E-state index >= 15 is 0 Å². The Labute approximate surface area is 186 Å². The van der Waals surface area contributed by atoms with Gasteiger partial charge in [-0.1, -0.05) is 23.3 Å². The largest absolute Gasteiger partial charge is 0.504 e. The molecule has 1 aliphatic carbocycles. The molecule has 1 aromatic carbocycles. The van der Waals surface area contributed by atoms with Crippen molar-refractivity contribution in [1.82, 2.24) is 14.5 Å². The van der Waals surface area contributed by atoms with E-state index in [1.807, 2.05) is 17.9 Å². The molecule has 0 spiro atoms. The zero-order chi connectivity index (χ0) is 22.3. The fraction of sp³-hybridized carbons (Fsp3) is 0.550. The summed E-state index contributed by atoms with van der Waals surface area (Å²) >= 11 is 6.16. The third kappa shape index (κ3) is 4.39. The summed E-state index contributed by atoms with van der Waals surface area (Å²) in [5.41, 5.74) is 1.00. The van der Waals surface area contributed by atoms with Crippen LogP contribution in [0.25, 0.3) is 0 Å². The molecule has 0 saturated carbocycles. The maximum absolute atomic E-state index is 13.7. The van der Waals surface area contributed by atoms with Gasteiger partial charge in [0.2, 0.25) is 10.0 Å². The second-order valence-corrected chi connectivity index (χ2v) is 10.6. The van der Waals surface area contributed by atoms with E-state index in [0.29, 0.717) is 13.1 Å². The van der Waals surface area contributed by atoms with Crippen molar-refractivity contribution < 1.29 is 22.7 Å². The van der Waals surface area contributed by atoms with Crippen LogP contribution in [0.1, 0.15) is 26.2 Å². The third-order valence-corrected chi connectivity index (χ3v) is 8.60. The van der Waals surface area contributed by atoms with Gasteiger partial charge in [0.1, 0.15) is 11.1 Å². The molecule has 0 aromatic heterocycles. The average molecular weight is 473 g/mol. The number of allylic oxidation sites excluding steroid dienone is 1. The van der Waals surface area contributed by atoms with Gasteiger partial charge in [0, 0.05) is 32.2 Å². The van der Waals surface area contributed by atoms with Crippen LogP contribution in [0.2, 0.25) is 5.02 Å². The minimum Gasteiger partial charge on any atom is -0.504 e. The number of piperazine rings is 1. The number of phenolic OH excluding ortho intramolecular Hbond substituents is 1. The number of hydrogen-bond acceptors (Lipinski definition) is 5. The fourth-order valence-electron chi connectivity index (χ4n) is 4.54. The first-order valence-corrected chi connectivity index (χ1v) is 12.1. The molecule has 3 N–H and O–H groups in total. The first-order valence-electron chi connectivity index (χ1n) is 10.3. The normalized spacial score (nSPS) is 27.1. The Morgan fingerprint density at radius 1 is 1.29 bits per heavy atom. The monoisotopic (exact) mass is 472 g/mol. The number of nitrogens with one attached hydrogen (secondary N) is 2. The molecule has 4 rings (SSSR count). The molecule has 8 nitrogen and oxygen atoms in total. The summed E-state index contributed by atoms with van der Waals surface area (Å²) < 4.78 is 41.5. The van der Waals surface area contributed by atoms with E-state index < -0.39 is 32.9 Å². The zero-order valence-corrected chi connectivity index (χ0v) is 18.7. The highest BCUT2D eigenvalue weighted by atomic mass is 35.5. The molecule has 1 aromatic rings. The molecule has 3 atom stereocenters. The Bertz CT molecular complexity index is 1020. The van der Waals surface area contributed by atoms with Crippen molar-refractivity contribution in [3.05, 3.63) is 28.8 Å². The van der Waals surface area contributed by atoms with Crippen LogP contribution in [0.5, 0.6) is 5.75 Å². The van der Waals surface area contributed by atoms with Gasteiger partial charge in [0.15, 0.2) is 5.75 Å². The summed E-state index contributed by atoms with van der Waals surface area (Å²) in [5, 5.41) is 15.9. The molecule has 0 bridgehead atoms. The number of halogens is 2. The van der Waals surface area contributed by atoms with E-state index in [0.717, 1.165) is 18.4 Å². The number of sulfonamides is 1. The highest BCUT2D eigenvalue weighted by Gasteiger charge is 2.41. The molecule has 31 heavy (non-hydrogen) atoms. The summed E-state index contributed by atoms with van der Waals surface area (Å²) in [6.07, 6.45) is 3.03. The number of urea groups is 1. The van der Waals surface area contributed by atoms with Crippen LogP contribution in [0.15, 0.2) is 28.7 Å². The Hall–Kier alpha value is -1.88. The van der Waals surface area contributed by atoms with Crippen molar-refractivity contribution in [2.24, 2.45) is 0 Å². The summed E-state index contributed by atoms with van der Waals surface area (Å²) in [6, 6.07) is 1.84. The van der Waals surface area contributed by atoms with Crippen molar-refractivity contribution in [2.45, 2.75) is 49.3 Å². The number of alkyl halides is 1. The highest BCUT2D eigenvalue weighted by Crippen LogP contribution is 2.39. The van der Waals surface area contributed by atoms with Crippen molar-refractivity contribution in [3.63, 3.8) is 0 Å². The van der Waals surface area contributed by atoms with Gasteiger partial charge in [-0.05, 0) is 38.3 Å². The van der Waals surface area contributed by atoms with Crippen LogP contribution in [-0.2, 0) is 10.0 Å². The van der Waals surface area contributed by atoms with Gasteiger partial charge in [-0.3, -0.25) is 4.90 Å². The first-order chi connectivity index (χ1) is 14.7. The number of rotatable bonds is 4. The number of fused-ring (bicyclic) bond motifs is 1. The molecule has 3 aliphatic rings. The van der Waals surface area contributed by atoms with Gasteiger partial charge in [0.05, 0.1) is 16.8 Å². The lowest BCUT2D eigenvalue weighted by Gasteiger charge is -2.36. The summed E-state index contributed by atoms with van der Waals surface area (Å²) in [5.74, 6) is -0.612. The van der Waals surface area contributed by atoms with Crippen molar-refractivity contribution in [2.75, 3.05) is 31.5 Å². The van der Waals surface area contributed by atoms with Gasteiger partial charge in [-0.25, -0.2) is 17.6 Å². The Morgan fingerprint density at radius 2 is 2.06 bits per heavy atom. The molecular formula is C20H26ClFN4O4S. The van der Waals surface area contributed by atoms with Crippen LogP contribution in [0, 0.1) is 0 Å². The standard InChI is InChI=1S/C20H26ClFN4O4S/c1-12-3-2-4-16(12)23-20(28)24-17-6-5-15(21)19(18(17)27)31(29,30)26-8-7-25-10-13(22)9-14(25)11-26/h3,5-6,13-14,16,27H,2,4,7-11H2,1H3,(H2,23,24,28)/t13-,14-,16+/m0/s1. The number of nitrogens with zero attached hydrogens (tertiary/aromatic N) is 2. The van der Waals surface area contributed by atoms with Crippen molar-refractivity contribution in [3.8, 4) is 5.75 Å². The highest BCUT2D eigenvalue weighted by molar-refractivity contribution is 7.89. The summed E-state index contributed by atoms with van der Waals surface area (Å²) in [6.45, 7) is 2.96. The van der Waals surface area contributed by atoms with Gasteiger partial charge >= 0.3 is 6.03 Å². The third-order valence-electron chi connectivity index (χ3n) is 6.23. The van der Waals surface area contributed by atoms with Gasteiger partial charge in [-0.2, -0.15) is 4.31 Å². The topological polar surface area (TPSA) is 102 Å². The lowest BCUT2D eigenvalue weighted by molar-refractivity contribution is 0.156. The second-order valence-electron chi connectivity index (χ2n) is 8.29. The van der Waals surface area contributed by atoms with Crippen molar-refractivity contribution in [1.29, 1.82) is 0 Å².